The summed E-state index contributed by atoms with van der Waals surface area (Å²) in [6.07, 6.45) is 1.51. The number of nitrogens with zero attached hydrogens (tertiary/aromatic N) is 2. The van der Waals surface area contributed by atoms with Crippen LogP contribution in [0, 0.1) is 6.92 Å². The Hall–Kier alpha value is -1.65. The Bertz CT molecular complexity index is 313. The molecule has 1 heterocycles. The van der Waals surface area contributed by atoms with E-state index in [4.69, 9.17) is 0 Å². The molecule has 0 bridgehead atoms. The Morgan fingerprint density at radius 1 is 1.43 bits per heavy atom. The second-order valence-corrected chi connectivity index (χ2v) is 2.95. The summed E-state index contributed by atoms with van der Waals surface area (Å²) in [7, 11) is 0. The van der Waals surface area contributed by atoms with Crippen molar-refractivity contribution in [2.75, 3.05) is 18.4 Å². The number of carbonyl (C=O) groups excluding carboxylic acids is 1. The van der Waals surface area contributed by atoms with Gasteiger partial charge in [0.2, 0.25) is 5.91 Å². The van der Waals surface area contributed by atoms with Gasteiger partial charge in [-0.05, 0) is 6.92 Å². The summed E-state index contributed by atoms with van der Waals surface area (Å²) in [6.45, 7) is 4.66. The molecule has 1 rings (SSSR count). The summed E-state index contributed by atoms with van der Waals surface area (Å²) in [5, 5.41) is 5.76. The van der Waals surface area contributed by atoms with Crippen LogP contribution in [0.25, 0.3) is 0 Å². The molecule has 1 aromatic rings. The predicted molar refractivity (Wildman–Crippen MR) is 53.9 cm³/mol. The van der Waals surface area contributed by atoms with Gasteiger partial charge in [-0.15, -0.1) is 0 Å². The number of hydrogen-bond donors (Lipinski definition) is 2. The highest BCUT2D eigenvalue weighted by molar-refractivity contribution is 5.72. The van der Waals surface area contributed by atoms with Gasteiger partial charge in [-0.3, -0.25) is 4.79 Å². The molecule has 0 saturated carbocycles. The first-order valence-corrected chi connectivity index (χ1v) is 4.45. The molecule has 1 aromatic heterocycles. The molecular weight excluding hydrogens is 180 g/mol. The Morgan fingerprint density at radius 3 is 2.86 bits per heavy atom. The van der Waals surface area contributed by atoms with E-state index < -0.39 is 0 Å². The third kappa shape index (κ3) is 3.84. The van der Waals surface area contributed by atoms with Crippen molar-refractivity contribution in [3.05, 3.63) is 18.1 Å². The molecule has 1 amide bonds. The first-order valence-electron chi connectivity index (χ1n) is 4.45. The summed E-state index contributed by atoms with van der Waals surface area (Å²) < 4.78 is 0. The zero-order chi connectivity index (χ0) is 10.4. The van der Waals surface area contributed by atoms with Crippen molar-refractivity contribution in [3.8, 4) is 0 Å². The van der Waals surface area contributed by atoms with E-state index in [1.807, 2.05) is 13.0 Å². The van der Waals surface area contributed by atoms with E-state index in [1.54, 1.807) is 0 Å². The van der Waals surface area contributed by atoms with Gasteiger partial charge >= 0.3 is 0 Å². The summed E-state index contributed by atoms with van der Waals surface area (Å²) in [5.41, 5.74) is 0.919. The molecule has 14 heavy (non-hydrogen) atoms. The average molecular weight is 194 g/mol. The molecular formula is C9H14N4O. The lowest BCUT2D eigenvalue weighted by molar-refractivity contribution is -0.118. The topological polar surface area (TPSA) is 66.9 Å². The minimum Gasteiger partial charge on any atom is -0.368 e. The number of amides is 1. The molecule has 0 fully saturated rings. The number of hydrogen-bond acceptors (Lipinski definition) is 4. The van der Waals surface area contributed by atoms with E-state index in [1.165, 1.54) is 13.3 Å². The summed E-state index contributed by atoms with van der Waals surface area (Å²) in [6, 6.07) is 1.85. The van der Waals surface area contributed by atoms with Crippen LogP contribution in [-0.2, 0) is 4.79 Å². The summed E-state index contributed by atoms with van der Waals surface area (Å²) in [4.78, 5) is 18.5. The number of carbonyl (C=O) groups is 1. The van der Waals surface area contributed by atoms with Crippen LogP contribution in [0.4, 0.5) is 5.82 Å². The van der Waals surface area contributed by atoms with Gasteiger partial charge in [0.25, 0.3) is 0 Å². The lowest BCUT2D eigenvalue weighted by Crippen LogP contribution is -2.26. The zero-order valence-electron chi connectivity index (χ0n) is 8.37. The maximum atomic E-state index is 10.5. The highest BCUT2D eigenvalue weighted by atomic mass is 16.1. The second kappa shape index (κ2) is 5.16. The zero-order valence-corrected chi connectivity index (χ0v) is 8.37. The second-order valence-electron chi connectivity index (χ2n) is 2.95. The molecule has 0 saturated heterocycles. The Kier molecular flexibility index (Phi) is 3.84. The molecule has 0 aromatic carbocycles. The predicted octanol–water partition coefficient (Wildman–Crippen LogP) is 0.333. The number of anilines is 1. The van der Waals surface area contributed by atoms with Gasteiger partial charge in [-0.1, -0.05) is 0 Å². The highest BCUT2D eigenvalue weighted by Gasteiger charge is 1.94. The molecule has 0 spiro atoms. The lowest BCUT2D eigenvalue weighted by Gasteiger charge is -2.05. The van der Waals surface area contributed by atoms with Crippen LogP contribution in [0.2, 0.25) is 0 Å². The van der Waals surface area contributed by atoms with Gasteiger partial charge in [0.15, 0.2) is 0 Å². The van der Waals surface area contributed by atoms with Crippen molar-refractivity contribution < 1.29 is 4.79 Å². The first-order chi connectivity index (χ1) is 6.68. The largest absolute Gasteiger partial charge is 0.368 e. The van der Waals surface area contributed by atoms with Crippen molar-refractivity contribution in [1.82, 2.24) is 15.3 Å². The maximum Gasteiger partial charge on any atom is 0.216 e. The Labute approximate surface area is 83.0 Å². The minimum atomic E-state index is -0.0225. The molecule has 0 radical (unpaired) electrons. The fourth-order valence-electron chi connectivity index (χ4n) is 0.980. The van der Waals surface area contributed by atoms with Gasteiger partial charge in [-0.25, -0.2) is 9.97 Å². The third-order valence-corrected chi connectivity index (χ3v) is 1.61. The van der Waals surface area contributed by atoms with E-state index in [9.17, 15) is 4.79 Å². The molecule has 0 aliphatic heterocycles. The van der Waals surface area contributed by atoms with Gasteiger partial charge in [0.05, 0.1) is 0 Å². The van der Waals surface area contributed by atoms with Gasteiger partial charge in [0, 0.05) is 31.8 Å². The van der Waals surface area contributed by atoms with Crippen LogP contribution >= 0.6 is 0 Å². The SMILES string of the molecule is CC(=O)NCCNc1cc(C)ncn1. The van der Waals surface area contributed by atoms with Crippen molar-refractivity contribution in [2.24, 2.45) is 0 Å². The molecule has 76 valence electrons. The van der Waals surface area contributed by atoms with Crippen LogP contribution < -0.4 is 10.6 Å². The monoisotopic (exact) mass is 194 g/mol. The van der Waals surface area contributed by atoms with E-state index in [2.05, 4.69) is 20.6 Å². The van der Waals surface area contributed by atoms with Crippen LogP contribution in [0.3, 0.4) is 0 Å². The molecule has 0 aliphatic carbocycles. The fraction of sp³-hybridized carbons (Fsp3) is 0.444. The Morgan fingerprint density at radius 2 is 2.21 bits per heavy atom. The van der Waals surface area contributed by atoms with Crippen LogP contribution in [0.1, 0.15) is 12.6 Å². The molecule has 5 heteroatoms. The average Bonchev–Trinajstić information content (AvgIpc) is 2.12. The van der Waals surface area contributed by atoms with Crippen molar-refractivity contribution >= 4 is 11.7 Å². The van der Waals surface area contributed by atoms with E-state index in [0.717, 1.165) is 11.5 Å². The van der Waals surface area contributed by atoms with Gasteiger partial charge < -0.3 is 10.6 Å². The van der Waals surface area contributed by atoms with Crippen molar-refractivity contribution in [3.63, 3.8) is 0 Å². The normalized spacial score (nSPS) is 9.57. The van der Waals surface area contributed by atoms with Gasteiger partial charge in [0.1, 0.15) is 12.1 Å². The lowest BCUT2D eigenvalue weighted by atomic mass is 10.4. The van der Waals surface area contributed by atoms with E-state index in [0.29, 0.717) is 13.1 Å². The number of rotatable bonds is 4. The smallest absolute Gasteiger partial charge is 0.216 e. The van der Waals surface area contributed by atoms with E-state index in [-0.39, 0.29) is 5.91 Å². The van der Waals surface area contributed by atoms with Crippen molar-refractivity contribution in [1.29, 1.82) is 0 Å². The first kappa shape index (κ1) is 10.4. The van der Waals surface area contributed by atoms with Crippen LogP contribution in [0.5, 0.6) is 0 Å². The summed E-state index contributed by atoms with van der Waals surface area (Å²) in [5.74, 6) is 0.758. The Balaban J connectivity index is 2.28. The quantitative estimate of drug-likeness (QED) is 0.678. The number of nitrogens with one attached hydrogen (secondary N) is 2. The standard InChI is InChI=1S/C9H14N4O/c1-7-5-9(13-6-12-7)11-4-3-10-8(2)14/h5-6H,3-4H2,1-2H3,(H,10,14)(H,11,12,13). The number of aryl methyl sites for hydroxylation is 1. The third-order valence-electron chi connectivity index (χ3n) is 1.61. The van der Waals surface area contributed by atoms with Gasteiger partial charge in [-0.2, -0.15) is 0 Å². The van der Waals surface area contributed by atoms with E-state index >= 15 is 0 Å². The maximum absolute atomic E-state index is 10.5. The fourth-order valence-corrected chi connectivity index (χ4v) is 0.980. The minimum absolute atomic E-state index is 0.0225. The summed E-state index contributed by atoms with van der Waals surface area (Å²) >= 11 is 0. The van der Waals surface area contributed by atoms with Crippen LogP contribution in [-0.4, -0.2) is 29.0 Å². The molecule has 0 atom stereocenters. The number of aromatic nitrogens is 2. The molecule has 5 nitrogen and oxygen atoms in total. The highest BCUT2D eigenvalue weighted by Crippen LogP contribution is 2.00. The molecule has 2 N–H and O–H groups in total. The van der Waals surface area contributed by atoms with Crippen molar-refractivity contribution in [2.45, 2.75) is 13.8 Å². The molecule has 0 aliphatic rings. The molecule has 0 unspecified atom stereocenters. The van der Waals surface area contributed by atoms with Crippen LogP contribution in [0.15, 0.2) is 12.4 Å².